The summed E-state index contributed by atoms with van der Waals surface area (Å²) >= 11 is 6.08. The first-order valence-corrected chi connectivity index (χ1v) is 7.00. The fraction of sp³-hybridized carbons (Fsp3) is 0.267. The summed E-state index contributed by atoms with van der Waals surface area (Å²) in [5.74, 6) is 0. The summed E-state index contributed by atoms with van der Waals surface area (Å²) in [5.41, 5.74) is 2.45. The lowest BCUT2D eigenvalue weighted by Gasteiger charge is -2.24. The molecule has 0 fully saturated rings. The number of carboxylic acid groups (broad SMARTS) is 1. The van der Waals surface area contributed by atoms with Gasteiger partial charge in [0, 0.05) is 17.0 Å². The SMILES string of the molecule is N#CCN(C1=C(C#N)CCC1)c1ccc(NC(=O)O)c(Cl)c1. The van der Waals surface area contributed by atoms with Crippen molar-refractivity contribution >= 4 is 29.1 Å². The molecule has 22 heavy (non-hydrogen) atoms. The Morgan fingerprint density at radius 2 is 2.18 bits per heavy atom. The molecule has 112 valence electrons. The van der Waals surface area contributed by atoms with Crippen LogP contribution >= 0.6 is 11.6 Å². The standard InChI is InChI=1S/C15H13ClN4O2/c16-12-8-11(4-5-13(12)19-15(21)22)20(7-6-17)14-3-1-2-10(14)9-18/h4-5,8,19H,1-3,7H2,(H,21,22). The highest BCUT2D eigenvalue weighted by Gasteiger charge is 2.22. The minimum atomic E-state index is -1.20. The first kappa shape index (κ1) is 15.7. The molecule has 0 radical (unpaired) electrons. The Morgan fingerprint density at radius 1 is 1.41 bits per heavy atom. The van der Waals surface area contributed by atoms with Crippen LogP contribution in [0.4, 0.5) is 16.2 Å². The van der Waals surface area contributed by atoms with Crippen molar-refractivity contribution in [3.63, 3.8) is 0 Å². The van der Waals surface area contributed by atoms with Crippen LogP contribution in [0.2, 0.25) is 5.02 Å². The van der Waals surface area contributed by atoms with Gasteiger partial charge in [-0.15, -0.1) is 0 Å². The van der Waals surface area contributed by atoms with Crippen molar-refractivity contribution in [1.82, 2.24) is 0 Å². The summed E-state index contributed by atoms with van der Waals surface area (Å²) in [6.07, 6.45) is 1.12. The Labute approximate surface area is 132 Å². The third kappa shape index (κ3) is 3.30. The maximum Gasteiger partial charge on any atom is 0.409 e. The van der Waals surface area contributed by atoms with Crippen LogP contribution in [0.25, 0.3) is 0 Å². The molecule has 7 heteroatoms. The van der Waals surface area contributed by atoms with E-state index in [1.807, 2.05) is 0 Å². The summed E-state index contributed by atoms with van der Waals surface area (Å²) in [7, 11) is 0. The van der Waals surface area contributed by atoms with Gasteiger partial charge in [-0.25, -0.2) is 4.79 Å². The van der Waals surface area contributed by atoms with Crippen LogP contribution in [-0.2, 0) is 0 Å². The monoisotopic (exact) mass is 316 g/mol. The van der Waals surface area contributed by atoms with Crippen molar-refractivity contribution in [3.8, 4) is 12.1 Å². The molecule has 0 spiro atoms. The smallest absolute Gasteiger partial charge is 0.409 e. The largest absolute Gasteiger partial charge is 0.465 e. The molecule has 2 N–H and O–H groups in total. The van der Waals surface area contributed by atoms with Crippen molar-refractivity contribution < 1.29 is 9.90 Å². The number of anilines is 2. The van der Waals surface area contributed by atoms with Crippen molar-refractivity contribution in [2.75, 3.05) is 16.8 Å². The van der Waals surface area contributed by atoms with Crippen molar-refractivity contribution in [2.24, 2.45) is 0 Å². The number of carbonyl (C=O) groups is 1. The maximum absolute atomic E-state index is 10.7. The van der Waals surface area contributed by atoms with Gasteiger partial charge in [-0.3, -0.25) is 5.32 Å². The van der Waals surface area contributed by atoms with E-state index in [9.17, 15) is 10.1 Å². The summed E-state index contributed by atoms with van der Waals surface area (Å²) < 4.78 is 0. The van der Waals surface area contributed by atoms with Crippen LogP contribution in [-0.4, -0.2) is 17.7 Å². The molecular weight excluding hydrogens is 304 g/mol. The third-order valence-corrected chi connectivity index (χ3v) is 3.70. The molecule has 0 saturated heterocycles. The Balaban J connectivity index is 2.38. The molecule has 1 aromatic carbocycles. The second kappa shape index (κ2) is 6.84. The maximum atomic E-state index is 10.7. The van der Waals surface area contributed by atoms with Gasteiger partial charge in [0.2, 0.25) is 0 Å². The zero-order chi connectivity index (χ0) is 16.1. The fourth-order valence-corrected chi connectivity index (χ4v) is 2.67. The van der Waals surface area contributed by atoms with E-state index >= 15 is 0 Å². The van der Waals surface area contributed by atoms with E-state index in [1.165, 1.54) is 6.07 Å². The molecule has 0 bridgehead atoms. The fourth-order valence-electron chi connectivity index (χ4n) is 2.45. The van der Waals surface area contributed by atoms with Gasteiger partial charge >= 0.3 is 6.09 Å². The number of allylic oxidation sites excluding steroid dienone is 2. The molecule has 1 aliphatic rings. The lowest BCUT2D eigenvalue weighted by atomic mass is 10.2. The van der Waals surface area contributed by atoms with Crippen LogP contribution in [0.1, 0.15) is 19.3 Å². The number of benzene rings is 1. The van der Waals surface area contributed by atoms with Gasteiger partial charge in [0.1, 0.15) is 6.54 Å². The molecule has 1 amide bonds. The zero-order valence-corrected chi connectivity index (χ0v) is 12.4. The average molecular weight is 317 g/mol. The number of nitrogens with one attached hydrogen (secondary N) is 1. The van der Waals surface area contributed by atoms with Gasteiger partial charge < -0.3 is 10.0 Å². The van der Waals surface area contributed by atoms with E-state index in [1.54, 1.807) is 17.0 Å². The Hall–Kier alpha value is -2.70. The lowest BCUT2D eigenvalue weighted by molar-refractivity contribution is 0.210. The van der Waals surface area contributed by atoms with E-state index in [0.29, 0.717) is 17.7 Å². The molecule has 1 aliphatic carbocycles. The van der Waals surface area contributed by atoms with Crippen LogP contribution in [0.5, 0.6) is 0 Å². The summed E-state index contributed by atoms with van der Waals surface area (Å²) in [6.45, 7) is 0.0998. The van der Waals surface area contributed by atoms with Gasteiger partial charge in [0.25, 0.3) is 0 Å². The highest BCUT2D eigenvalue weighted by Crippen LogP contribution is 2.34. The van der Waals surface area contributed by atoms with E-state index in [-0.39, 0.29) is 17.3 Å². The highest BCUT2D eigenvalue weighted by molar-refractivity contribution is 6.34. The minimum Gasteiger partial charge on any atom is -0.465 e. The first-order chi connectivity index (χ1) is 10.6. The molecular formula is C15H13ClN4O2. The van der Waals surface area contributed by atoms with E-state index in [2.05, 4.69) is 17.5 Å². The number of nitriles is 2. The van der Waals surface area contributed by atoms with E-state index < -0.39 is 6.09 Å². The highest BCUT2D eigenvalue weighted by atomic mass is 35.5. The molecule has 1 aromatic rings. The Morgan fingerprint density at radius 3 is 2.77 bits per heavy atom. The van der Waals surface area contributed by atoms with Crippen molar-refractivity contribution in [1.29, 1.82) is 10.5 Å². The number of hydrogen-bond acceptors (Lipinski definition) is 4. The van der Waals surface area contributed by atoms with Crippen LogP contribution in [0, 0.1) is 22.7 Å². The topological polar surface area (TPSA) is 100 Å². The third-order valence-electron chi connectivity index (χ3n) is 3.38. The van der Waals surface area contributed by atoms with Crippen LogP contribution < -0.4 is 10.2 Å². The molecule has 0 heterocycles. The van der Waals surface area contributed by atoms with Crippen LogP contribution in [0.15, 0.2) is 29.5 Å². The van der Waals surface area contributed by atoms with Gasteiger partial charge in [-0.2, -0.15) is 10.5 Å². The Kier molecular flexibility index (Phi) is 4.88. The summed E-state index contributed by atoms with van der Waals surface area (Å²) in [6, 6.07) is 9.07. The predicted octanol–water partition coefficient (Wildman–Crippen LogP) is 3.72. The molecule has 6 nitrogen and oxygen atoms in total. The van der Waals surface area contributed by atoms with Crippen molar-refractivity contribution in [3.05, 3.63) is 34.5 Å². The number of halogens is 1. The van der Waals surface area contributed by atoms with Crippen LogP contribution in [0.3, 0.4) is 0 Å². The molecule has 0 saturated carbocycles. The second-order valence-corrected chi connectivity index (χ2v) is 5.14. The lowest BCUT2D eigenvalue weighted by Crippen LogP contribution is -2.23. The summed E-state index contributed by atoms with van der Waals surface area (Å²) in [5, 5.41) is 29.4. The van der Waals surface area contributed by atoms with Gasteiger partial charge in [0.15, 0.2) is 0 Å². The normalized spacial score (nSPS) is 13.4. The quantitative estimate of drug-likeness (QED) is 0.824. The minimum absolute atomic E-state index is 0.0998. The second-order valence-electron chi connectivity index (χ2n) is 4.73. The molecule has 0 aromatic heterocycles. The molecule has 0 aliphatic heterocycles. The summed E-state index contributed by atoms with van der Waals surface area (Å²) in [4.78, 5) is 12.4. The van der Waals surface area contributed by atoms with E-state index in [0.717, 1.165) is 18.5 Å². The number of amides is 1. The molecule has 2 rings (SSSR count). The average Bonchev–Trinajstić information content (AvgIpc) is 2.94. The number of hydrogen-bond donors (Lipinski definition) is 2. The van der Waals surface area contributed by atoms with Gasteiger partial charge in [-0.05, 0) is 37.5 Å². The predicted molar refractivity (Wildman–Crippen MR) is 82.5 cm³/mol. The van der Waals surface area contributed by atoms with Gasteiger partial charge in [-0.1, -0.05) is 11.6 Å². The Bertz CT molecular complexity index is 715. The van der Waals surface area contributed by atoms with E-state index in [4.69, 9.17) is 22.0 Å². The van der Waals surface area contributed by atoms with Gasteiger partial charge in [0.05, 0.1) is 22.8 Å². The van der Waals surface area contributed by atoms with Crippen molar-refractivity contribution in [2.45, 2.75) is 19.3 Å². The first-order valence-electron chi connectivity index (χ1n) is 6.63. The number of rotatable bonds is 4. The number of nitrogens with zero attached hydrogens (tertiary/aromatic N) is 3. The molecule has 0 atom stereocenters. The molecule has 0 unspecified atom stereocenters. The zero-order valence-electron chi connectivity index (χ0n) is 11.6.